The number of nitrogens with one attached hydrogen (secondary N) is 2. The van der Waals surface area contributed by atoms with Gasteiger partial charge in [0.2, 0.25) is 5.91 Å². The van der Waals surface area contributed by atoms with Gasteiger partial charge in [0, 0.05) is 30.8 Å². The number of nitrogens with zero attached hydrogens (tertiary/aromatic N) is 1. The largest absolute Gasteiger partial charge is 0.416 e. The Bertz CT molecular complexity index is 1080. The lowest BCUT2D eigenvalue weighted by Gasteiger charge is -2.36. The summed E-state index contributed by atoms with van der Waals surface area (Å²) in [5.74, 6) is -1.28. The Labute approximate surface area is 202 Å². The molecule has 0 bridgehead atoms. The fraction of sp³-hybridized carbons (Fsp3) is 0.346. The molecular formula is C26H28F3N3O3. The molecule has 1 aliphatic heterocycles. The van der Waals surface area contributed by atoms with Crippen LogP contribution in [0.3, 0.4) is 0 Å². The number of carbonyl (C=O) groups is 3. The number of halogens is 3. The molecule has 2 aromatic rings. The minimum Gasteiger partial charge on any atom is -0.351 e. The summed E-state index contributed by atoms with van der Waals surface area (Å²) in [6.45, 7) is 6.34. The second-order valence-electron chi connectivity index (χ2n) is 8.56. The smallest absolute Gasteiger partial charge is 0.351 e. The molecule has 9 heteroatoms. The van der Waals surface area contributed by atoms with Gasteiger partial charge in [-0.05, 0) is 62.1 Å². The summed E-state index contributed by atoms with van der Waals surface area (Å²) in [5, 5.41) is 5.57. The number of aryl methyl sites for hydroxylation is 1. The minimum absolute atomic E-state index is 0.171. The summed E-state index contributed by atoms with van der Waals surface area (Å²) >= 11 is 0. The number of carbonyl (C=O) groups excluding carboxylic acids is 3. The van der Waals surface area contributed by atoms with Crippen LogP contribution in [0.4, 0.5) is 13.2 Å². The average molecular weight is 488 g/mol. The molecule has 3 amide bonds. The molecule has 186 valence electrons. The topological polar surface area (TPSA) is 78.5 Å². The van der Waals surface area contributed by atoms with Crippen LogP contribution >= 0.6 is 0 Å². The van der Waals surface area contributed by atoms with E-state index in [-0.39, 0.29) is 35.7 Å². The van der Waals surface area contributed by atoms with Crippen molar-refractivity contribution in [2.45, 2.75) is 32.0 Å². The van der Waals surface area contributed by atoms with Gasteiger partial charge in [0.1, 0.15) is 6.04 Å². The molecule has 1 heterocycles. The van der Waals surface area contributed by atoms with Gasteiger partial charge < -0.3 is 15.5 Å². The first-order valence-electron chi connectivity index (χ1n) is 11.3. The number of hydrogen-bond acceptors (Lipinski definition) is 3. The molecular weight excluding hydrogens is 459 g/mol. The van der Waals surface area contributed by atoms with E-state index in [4.69, 9.17) is 0 Å². The van der Waals surface area contributed by atoms with E-state index in [1.807, 2.05) is 13.0 Å². The number of benzene rings is 2. The predicted octanol–water partition coefficient (Wildman–Crippen LogP) is 3.97. The molecule has 35 heavy (non-hydrogen) atoms. The molecule has 0 radical (unpaired) electrons. The van der Waals surface area contributed by atoms with E-state index in [2.05, 4.69) is 17.2 Å². The van der Waals surface area contributed by atoms with Gasteiger partial charge in [-0.1, -0.05) is 23.8 Å². The molecule has 3 rings (SSSR count). The zero-order chi connectivity index (χ0) is 25.6. The van der Waals surface area contributed by atoms with E-state index in [1.165, 1.54) is 12.1 Å². The van der Waals surface area contributed by atoms with Crippen molar-refractivity contribution in [2.24, 2.45) is 5.92 Å². The highest BCUT2D eigenvalue weighted by atomic mass is 19.4. The van der Waals surface area contributed by atoms with Crippen molar-refractivity contribution in [2.75, 3.05) is 19.6 Å². The molecule has 1 aliphatic rings. The van der Waals surface area contributed by atoms with Gasteiger partial charge >= 0.3 is 6.18 Å². The molecule has 0 aliphatic carbocycles. The van der Waals surface area contributed by atoms with Crippen molar-refractivity contribution < 1.29 is 27.6 Å². The summed E-state index contributed by atoms with van der Waals surface area (Å²) in [6.07, 6.45) is -2.02. The number of hydrogen-bond donors (Lipinski definition) is 2. The van der Waals surface area contributed by atoms with Crippen LogP contribution in [0, 0.1) is 12.8 Å². The van der Waals surface area contributed by atoms with Crippen LogP contribution in [0.5, 0.6) is 0 Å². The van der Waals surface area contributed by atoms with E-state index in [0.717, 1.165) is 17.7 Å². The first kappa shape index (κ1) is 26.0. The van der Waals surface area contributed by atoms with Gasteiger partial charge in [-0.3, -0.25) is 14.4 Å². The molecule has 2 aromatic carbocycles. The average Bonchev–Trinajstić information content (AvgIpc) is 2.85. The van der Waals surface area contributed by atoms with Crippen LogP contribution < -0.4 is 10.6 Å². The summed E-state index contributed by atoms with van der Waals surface area (Å²) in [5.41, 5.74) is 0.719. The predicted molar refractivity (Wildman–Crippen MR) is 126 cm³/mol. The molecule has 1 saturated heterocycles. The van der Waals surface area contributed by atoms with Crippen LogP contribution in [0.1, 0.15) is 44.7 Å². The van der Waals surface area contributed by atoms with Crippen LogP contribution in [0.25, 0.3) is 0 Å². The lowest BCUT2D eigenvalue weighted by atomic mass is 9.88. The quantitative estimate of drug-likeness (QED) is 0.581. The highest BCUT2D eigenvalue weighted by Gasteiger charge is 2.34. The van der Waals surface area contributed by atoms with Gasteiger partial charge in [-0.2, -0.15) is 13.2 Å². The minimum atomic E-state index is -4.47. The Balaban J connectivity index is 1.67. The van der Waals surface area contributed by atoms with Crippen LogP contribution in [-0.4, -0.2) is 48.3 Å². The third kappa shape index (κ3) is 6.71. The second-order valence-corrected chi connectivity index (χ2v) is 8.56. The van der Waals surface area contributed by atoms with E-state index in [9.17, 15) is 27.6 Å². The van der Waals surface area contributed by atoms with Crippen LogP contribution in [0.15, 0.2) is 61.2 Å². The molecule has 0 aromatic heterocycles. The Hall–Kier alpha value is -3.62. The molecule has 0 saturated carbocycles. The molecule has 2 N–H and O–H groups in total. The molecule has 6 nitrogen and oxygen atoms in total. The van der Waals surface area contributed by atoms with Crippen LogP contribution in [0.2, 0.25) is 0 Å². The third-order valence-corrected chi connectivity index (χ3v) is 6.03. The zero-order valence-corrected chi connectivity index (χ0v) is 19.4. The maximum Gasteiger partial charge on any atom is 0.416 e. The Kier molecular flexibility index (Phi) is 8.32. The Morgan fingerprint density at radius 3 is 2.31 bits per heavy atom. The first-order chi connectivity index (χ1) is 16.6. The van der Waals surface area contributed by atoms with Gasteiger partial charge in [0.15, 0.2) is 0 Å². The number of amides is 3. The van der Waals surface area contributed by atoms with Gasteiger partial charge in [0.25, 0.3) is 11.8 Å². The summed E-state index contributed by atoms with van der Waals surface area (Å²) in [4.78, 5) is 40.0. The summed E-state index contributed by atoms with van der Waals surface area (Å²) in [7, 11) is 0. The van der Waals surface area contributed by atoms with E-state index >= 15 is 0 Å². The van der Waals surface area contributed by atoms with Crippen molar-refractivity contribution in [1.82, 2.24) is 15.5 Å². The van der Waals surface area contributed by atoms with E-state index < -0.39 is 17.8 Å². The normalized spacial score (nSPS) is 15.3. The maximum absolute atomic E-state index is 12.8. The monoisotopic (exact) mass is 487 g/mol. The van der Waals surface area contributed by atoms with Crippen molar-refractivity contribution in [3.63, 3.8) is 0 Å². The standard InChI is InChI=1S/C26H28F3N3O3/c1-3-13-30-24(34)22(31-23(33)20-6-4-5-17(2)16-20)18-11-14-32(15-12-18)25(35)19-7-9-21(10-8-19)26(27,28)29/h3-10,16,18,22H,1,11-15H2,2H3,(H,30,34)(H,31,33)/t22-/m1/s1. The number of likely N-dealkylation sites (tertiary alicyclic amines) is 1. The lowest BCUT2D eigenvalue weighted by molar-refractivity contribution is -0.137. The Morgan fingerprint density at radius 1 is 1.09 bits per heavy atom. The van der Waals surface area contributed by atoms with Crippen molar-refractivity contribution in [3.05, 3.63) is 83.4 Å². The van der Waals surface area contributed by atoms with Crippen molar-refractivity contribution in [3.8, 4) is 0 Å². The first-order valence-corrected chi connectivity index (χ1v) is 11.3. The Morgan fingerprint density at radius 2 is 1.74 bits per heavy atom. The number of alkyl halides is 3. The highest BCUT2D eigenvalue weighted by molar-refractivity contribution is 5.98. The SMILES string of the molecule is C=CCNC(=O)[C@H](NC(=O)c1cccc(C)c1)C1CCN(C(=O)c2ccc(C(F)(F)F)cc2)CC1. The third-order valence-electron chi connectivity index (χ3n) is 6.03. The van der Waals surface area contributed by atoms with E-state index in [0.29, 0.717) is 31.5 Å². The fourth-order valence-electron chi connectivity index (χ4n) is 4.11. The summed E-state index contributed by atoms with van der Waals surface area (Å²) in [6, 6.07) is 10.4. The fourth-order valence-corrected chi connectivity index (χ4v) is 4.11. The number of piperidine rings is 1. The zero-order valence-electron chi connectivity index (χ0n) is 19.4. The van der Waals surface area contributed by atoms with Gasteiger partial charge in [-0.15, -0.1) is 6.58 Å². The molecule has 1 fully saturated rings. The lowest BCUT2D eigenvalue weighted by Crippen LogP contribution is -2.53. The van der Waals surface area contributed by atoms with Crippen molar-refractivity contribution >= 4 is 17.7 Å². The van der Waals surface area contributed by atoms with Crippen molar-refractivity contribution in [1.29, 1.82) is 0 Å². The van der Waals surface area contributed by atoms with Gasteiger partial charge in [0.05, 0.1) is 5.56 Å². The van der Waals surface area contributed by atoms with Crippen LogP contribution in [-0.2, 0) is 11.0 Å². The molecule has 0 unspecified atom stereocenters. The second kappa shape index (κ2) is 11.2. The maximum atomic E-state index is 12.8. The van der Waals surface area contributed by atoms with E-state index in [1.54, 1.807) is 29.2 Å². The highest BCUT2D eigenvalue weighted by Crippen LogP contribution is 2.29. The number of rotatable bonds is 7. The summed E-state index contributed by atoms with van der Waals surface area (Å²) < 4.78 is 38.4. The molecule has 1 atom stereocenters. The van der Waals surface area contributed by atoms with Gasteiger partial charge in [-0.25, -0.2) is 0 Å². The molecule has 0 spiro atoms.